The molecule has 88 valence electrons. The van der Waals surface area contributed by atoms with Crippen LogP contribution in [-0.4, -0.2) is 17.0 Å². The van der Waals surface area contributed by atoms with E-state index < -0.39 is 11.9 Å². The first-order chi connectivity index (χ1) is 8.10. The Morgan fingerprint density at radius 3 is 2.59 bits per heavy atom. The van der Waals surface area contributed by atoms with Gasteiger partial charge in [-0.3, -0.25) is 0 Å². The van der Waals surface area contributed by atoms with Crippen LogP contribution in [0.15, 0.2) is 43.7 Å². The second-order valence-electron chi connectivity index (χ2n) is 3.24. The smallest absolute Gasteiger partial charge is 0.343 e. The Morgan fingerprint density at radius 1 is 1.35 bits per heavy atom. The van der Waals surface area contributed by atoms with Crippen LogP contribution in [0.1, 0.15) is 26.3 Å². The van der Waals surface area contributed by atoms with Gasteiger partial charge in [0.25, 0.3) is 0 Å². The first kappa shape index (κ1) is 12.7. The highest BCUT2D eigenvalue weighted by molar-refractivity contribution is 5.94. The third kappa shape index (κ3) is 3.04. The summed E-state index contributed by atoms with van der Waals surface area (Å²) in [6, 6.07) is 4.21. The lowest BCUT2D eigenvalue weighted by molar-refractivity contribution is 0.0657. The molecule has 0 heterocycles. The highest BCUT2D eigenvalue weighted by atomic mass is 16.5. The minimum atomic E-state index is -1.04. The van der Waals surface area contributed by atoms with Gasteiger partial charge in [0.15, 0.2) is 0 Å². The summed E-state index contributed by atoms with van der Waals surface area (Å²) in [5.41, 5.74) is 0.999. The molecule has 0 aliphatic heterocycles. The molecule has 1 aromatic rings. The largest absolute Gasteiger partial charge is 0.478 e. The lowest BCUT2D eigenvalue weighted by atomic mass is 10.0. The van der Waals surface area contributed by atoms with Crippen LogP contribution >= 0.6 is 0 Å². The monoisotopic (exact) mass is 232 g/mol. The molecule has 0 aromatic heterocycles. The normalized spacial score (nSPS) is 9.41. The summed E-state index contributed by atoms with van der Waals surface area (Å²) in [4.78, 5) is 22.4. The molecule has 0 aliphatic rings. The van der Waals surface area contributed by atoms with Gasteiger partial charge in [-0.25, -0.2) is 9.59 Å². The molecule has 0 radical (unpaired) electrons. The maximum atomic E-state index is 11.5. The predicted octanol–water partition coefficient (Wildman–Crippen LogP) is 2.41. The summed E-state index contributed by atoms with van der Waals surface area (Å²) in [6.45, 7) is 6.85. The fraction of sp³-hybridized carbons (Fsp3) is 0.0769. The van der Waals surface area contributed by atoms with Crippen LogP contribution in [0.25, 0.3) is 0 Å². The second kappa shape index (κ2) is 5.65. The predicted molar refractivity (Wildman–Crippen MR) is 62.9 cm³/mol. The van der Waals surface area contributed by atoms with E-state index in [2.05, 4.69) is 17.9 Å². The summed E-state index contributed by atoms with van der Waals surface area (Å²) in [7, 11) is 0. The molecule has 4 heteroatoms. The van der Waals surface area contributed by atoms with Gasteiger partial charge in [0.2, 0.25) is 0 Å². The third-order valence-electron chi connectivity index (χ3n) is 2.13. The molecule has 0 bridgehead atoms. The van der Waals surface area contributed by atoms with Gasteiger partial charge in [-0.2, -0.15) is 0 Å². The number of carboxylic acid groups (broad SMARTS) is 1. The zero-order valence-electron chi connectivity index (χ0n) is 9.18. The molecule has 0 amide bonds. The highest BCUT2D eigenvalue weighted by Crippen LogP contribution is 2.15. The van der Waals surface area contributed by atoms with Crippen molar-refractivity contribution in [2.75, 3.05) is 0 Å². The Labute approximate surface area is 98.8 Å². The van der Waals surface area contributed by atoms with E-state index in [4.69, 9.17) is 5.11 Å². The summed E-state index contributed by atoms with van der Waals surface area (Å²) in [5.74, 6) is -1.60. The molecule has 1 aromatic carbocycles. The Morgan fingerprint density at radius 2 is 2.06 bits per heavy atom. The van der Waals surface area contributed by atoms with Gasteiger partial charge in [-0.05, 0) is 30.2 Å². The molecule has 1 rings (SSSR count). The third-order valence-corrected chi connectivity index (χ3v) is 2.13. The Bertz CT molecular complexity index is 474. The maximum Gasteiger partial charge on any atom is 0.343 e. The Balaban J connectivity index is 3.20. The van der Waals surface area contributed by atoms with Crippen LogP contribution < -0.4 is 0 Å². The van der Waals surface area contributed by atoms with Gasteiger partial charge in [-0.1, -0.05) is 12.7 Å². The summed E-state index contributed by atoms with van der Waals surface area (Å²) in [6.07, 6.45) is 3.01. The van der Waals surface area contributed by atoms with Crippen molar-refractivity contribution >= 4 is 11.9 Å². The number of carbonyl (C=O) groups is 2. The fourth-order valence-corrected chi connectivity index (χ4v) is 1.39. The van der Waals surface area contributed by atoms with Crippen molar-refractivity contribution in [2.24, 2.45) is 0 Å². The number of aromatic carboxylic acids is 1. The second-order valence-corrected chi connectivity index (χ2v) is 3.24. The van der Waals surface area contributed by atoms with E-state index in [9.17, 15) is 9.59 Å². The SMILES string of the molecule is C=CCc1cc(C(=O)O)ccc1C(=O)OC=C. The van der Waals surface area contributed by atoms with E-state index >= 15 is 0 Å². The zero-order chi connectivity index (χ0) is 12.8. The summed E-state index contributed by atoms with van der Waals surface area (Å²) < 4.78 is 4.66. The number of allylic oxidation sites excluding steroid dienone is 1. The number of esters is 1. The van der Waals surface area contributed by atoms with Gasteiger partial charge in [0.1, 0.15) is 0 Å². The van der Waals surface area contributed by atoms with Crippen molar-refractivity contribution in [3.8, 4) is 0 Å². The Hall–Kier alpha value is -2.36. The number of ether oxygens (including phenoxy) is 1. The lowest BCUT2D eigenvalue weighted by Gasteiger charge is -2.07. The number of hydrogen-bond donors (Lipinski definition) is 1. The molecular weight excluding hydrogens is 220 g/mol. The molecule has 0 aliphatic carbocycles. The zero-order valence-corrected chi connectivity index (χ0v) is 9.18. The molecule has 0 atom stereocenters. The van der Waals surface area contributed by atoms with Crippen LogP contribution in [0, 0.1) is 0 Å². The molecule has 17 heavy (non-hydrogen) atoms. The molecule has 0 saturated heterocycles. The first-order valence-electron chi connectivity index (χ1n) is 4.89. The van der Waals surface area contributed by atoms with Gasteiger partial charge in [-0.15, -0.1) is 6.58 Å². The molecule has 0 spiro atoms. The van der Waals surface area contributed by atoms with Gasteiger partial charge in [0.05, 0.1) is 17.4 Å². The fourth-order valence-electron chi connectivity index (χ4n) is 1.39. The molecular formula is C13H12O4. The average Bonchev–Trinajstić information content (AvgIpc) is 2.29. The minimum absolute atomic E-state index is 0.122. The minimum Gasteiger partial charge on any atom is -0.478 e. The Kier molecular flexibility index (Phi) is 4.22. The van der Waals surface area contributed by atoms with Crippen molar-refractivity contribution in [2.45, 2.75) is 6.42 Å². The molecule has 4 nitrogen and oxygen atoms in total. The van der Waals surface area contributed by atoms with E-state index in [1.54, 1.807) is 6.08 Å². The van der Waals surface area contributed by atoms with E-state index in [0.29, 0.717) is 17.5 Å². The van der Waals surface area contributed by atoms with Crippen LogP contribution in [0.5, 0.6) is 0 Å². The van der Waals surface area contributed by atoms with Crippen LogP contribution in [0.2, 0.25) is 0 Å². The van der Waals surface area contributed by atoms with Crippen molar-refractivity contribution in [1.82, 2.24) is 0 Å². The number of carboxylic acids is 1. The molecule has 1 N–H and O–H groups in total. The lowest BCUT2D eigenvalue weighted by Crippen LogP contribution is -2.07. The molecule has 0 saturated carbocycles. The average molecular weight is 232 g/mol. The van der Waals surface area contributed by atoms with E-state index in [1.807, 2.05) is 0 Å². The van der Waals surface area contributed by atoms with Crippen molar-refractivity contribution in [3.63, 3.8) is 0 Å². The standard InChI is InChI=1S/C13H12O4/c1-3-5-9-8-10(12(14)15)6-7-11(9)13(16)17-4-2/h3-4,6-8H,1-2,5H2,(H,14,15). The number of rotatable bonds is 5. The highest BCUT2D eigenvalue weighted by Gasteiger charge is 2.14. The summed E-state index contributed by atoms with van der Waals surface area (Å²) >= 11 is 0. The first-order valence-corrected chi connectivity index (χ1v) is 4.89. The number of benzene rings is 1. The number of carbonyl (C=O) groups excluding carboxylic acids is 1. The molecule has 0 fully saturated rings. The summed E-state index contributed by atoms with van der Waals surface area (Å²) in [5, 5.41) is 8.85. The topological polar surface area (TPSA) is 63.6 Å². The van der Waals surface area contributed by atoms with E-state index in [-0.39, 0.29) is 5.56 Å². The quantitative estimate of drug-likeness (QED) is 0.481. The van der Waals surface area contributed by atoms with Crippen LogP contribution in [0.4, 0.5) is 0 Å². The van der Waals surface area contributed by atoms with Crippen LogP contribution in [0.3, 0.4) is 0 Å². The van der Waals surface area contributed by atoms with Gasteiger partial charge < -0.3 is 9.84 Å². The van der Waals surface area contributed by atoms with E-state index in [0.717, 1.165) is 6.26 Å². The van der Waals surface area contributed by atoms with Crippen molar-refractivity contribution < 1.29 is 19.4 Å². The van der Waals surface area contributed by atoms with Crippen molar-refractivity contribution in [1.29, 1.82) is 0 Å². The maximum absolute atomic E-state index is 11.5. The van der Waals surface area contributed by atoms with Crippen LogP contribution in [-0.2, 0) is 11.2 Å². The van der Waals surface area contributed by atoms with E-state index in [1.165, 1.54) is 18.2 Å². The van der Waals surface area contributed by atoms with Gasteiger partial charge in [0, 0.05) is 0 Å². The van der Waals surface area contributed by atoms with Gasteiger partial charge >= 0.3 is 11.9 Å². The number of hydrogen-bond acceptors (Lipinski definition) is 3. The molecule has 0 unspecified atom stereocenters. The van der Waals surface area contributed by atoms with Crippen molar-refractivity contribution in [3.05, 3.63) is 60.4 Å².